The minimum absolute atomic E-state index is 0.747. The normalized spacial score (nSPS) is 25.4. The largest absolute Gasteiger partial charge is 0.120 e. The van der Waals surface area contributed by atoms with Gasteiger partial charge in [0.15, 0.2) is 0 Å². The summed E-state index contributed by atoms with van der Waals surface area (Å²) in [5.74, 6) is 3.44. The summed E-state index contributed by atoms with van der Waals surface area (Å²) in [4.78, 5) is 0. The molecule has 0 fully saturated rings. The Bertz CT molecular complexity index is 137. The Kier molecular flexibility index (Phi) is 2.39. The Morgan fingerprint density at radius 1 is 1.78 bits per heavy atom. The number of allylic oxidation sites excluding steroid dienone is 2. The van der Waals surface area contributed by atoms with Gasteiger partial charge in [0, 0.05) is 6.42 Å². The molecule has 0 aromatic heterocycles. The van der Waals surface area contributed by atoms with Gasteiger partial charge in [0.2, 0.25) is 0 Å². The predicted molar refractivity (Wildman–Crippen MR) is 38.6 cm³/mol. The Morgan fingerprint density at radius 3 is 3.22 bits per heavy atom. The lowest BCUT2D eigenvalue weighted by molar-refractivity contribution is 0.487. The maximum absolute atomic E-state index is 5.18. The molecule has 0 amide bonds. The van der Waals surface area contributed by atoms with E-state index in [1.807, 2.05) is 0 Å². The first kappa shape index (κ1) is 6.42. The molecule has 1 unspecified atom stereocenters. The fourth-order valence-electron chi connectivity index (χ4n) is 1.11. The van der Waals surface area contributed by atoms with Crippen LogP contribution in [0.5, 0.6) is 0 Å². The summed E-state index contributed by atoms with van der Waals surface area (Å²) < 4.78 is 0. The standard InChI is InChI=1S/C9H11/c1-2-6-9-7-4-3-5-8-9/h1,4,9H,5-8H2. The molecule has 47 valence electrons. The van der Waals surface area contributed by atoms with Gasteiger partial charge < -0.3 is 0 Å². The SMILES string of the molecule is C#CCC1CC=[C]CC1. The molecule has 0 aliphatic heterocycles. The maximum Gasteiger partial charge on any atom is 0.0117 e. The second-order valence-corrected chi connectivity index (χ2v) is 2.46. The summed E-state index contributed by atoms with van der Waals surface area (Å²) in [6.45, 7) is 0. The van der Waals surface area contributed by atoms with Gasteiger partial charge in [-0.1, -0.05) is 6.08 Å². The van der Waals surface area contributed by atoms with E-state index >= 15 is 0 Å². The van der Waals surface area contributed by atoms with Crippen LogP contribution >= 0.6 is 0 Å². The van der Waals surface area contributed by atoms with Gasteiger partial charge in [0.1, 0.15) is 0 Å². The first-order valence-corrected chi connectivity index (χ1v) is 3.42. The van der Waals surface area contributed by atoms with Crippen LogP contribution in [0.4, 0.5) is 0 Å². The minimum atomic E-state index is 0.747. The molecule has 0 spiro atoms. The molecule has 1 aliphatic carbocycles. The van der Waals surface area contributed by atoms with Crippen LogP contribution in [0.3, 0.4) is 0 Å². The minimum Gasteiger partial charge on any atom is -0.120 e. The molecule has 0 saturated carbocycles. The smallest absolute Gasteiger partial charge is 0.0117 e. The van der Waals surface area contributed by atoms with Crippen molar-refractivity contribution in [1.82, 2.24) is 0 Å². The van der Waals surface area contributed by atoms with Crippen LogP contribution < -0.4 is 0 Å². The quantitative estimate of drug-likeness (QED) is 0.464. The number of terminal acetylenes is 1. The third kappa shape index (κ3) is 1.93. The summed E-state index contributed by atoms with van der Waals surface area (Å²) >= 11 is 0. The van der Waals surface area contributed by atoms with Gasteiger partial charge in [-0.15, -0.1) is 12.3 Å². The van der Waals surface area contributed by atoms with E-state index in [2.05, 4.69) is 18.1 Å². The van der Waals surface area contributed by atoms with E-state index in [9.17, 15) is 0 Å². The van der Waals surface area contributed by atoms with Gasteiger partial charge in [-0.3, -0.25) is 0 Å². The van der Waals surface area contributed by atoms with E-state index < -0.39 is 0 Å². The number of hydrogen-bond donors (Lipinski definition) is 0. The summed E-state index contributed by atoms with van der Waals surface area (Å²) in [5.41, 5.74) is 0. The van der Waals surface area contributed by atoms with Crippen LogP contribution in [0.2, 0.25) is 0 Å². The Balaban J connectivity index is 2.28. The fraction of sp³-hybridized carbons (Fsp3) is 0.556. The van der Waals surface area contributed by atoms with Crippen molar-refractivity contribution in [1.29, 1.82) is 0 Å². The van der Waals surface area contributed by atoms with Crippen molar-refractivity contribution >= 4 is 0 Å². The molecule has 0 heterocycles. The van der Waals surface area contributed by atoms with Crippen molar-refractivity contribution in [2.45, 2.75) is 25.7 Å². The highest BCUT2D eigenvalue weighted by Crippen LogP contribution is 2.19. The number of hydrogen-bond acceptors (Lipinski definition) is 0. The van der Waals surface area contributed by atoms with Crippen molar-refractivity contribution in [3.63, 3.8) is 0 Å². The van der Waals surface area contributed by atoms with Crippen LogP contribution in [0.1, 0.15) is 25.7 Å². The van der Waals surface area contributed by atoms with E-state index in [1.54, 1.807) is 0 Å². The monoisotopic (exact) mass is 119 g/mol. The van der Waals surface area contributed by atoms with E-state index in [0.717, 1.165) is 25.2 Å². The molecule has 0 nitrogen and oxygen atoms in total. The average molecular weight is 119 g/mol. The highest BCUT2D eigenvalue weighted by molar-refractivity contribution is 4.92. The number of rotatable bonds is 1. The molecule has 0 aromatic rings. The van der Waals surface area contributed by atoms with Gasteiger partial charge in [0.05, 0.1) is 0 Å². The Morgan fingerprint density at radius 2 is 2.67 bits per heavy atom. The molecule has 0 aromatic carbocycles. The molecule has 1 radical (unpaired) electrons. The topological polar surface area (TPSA) is 0 Å². The second kappa shape index (κ2) is 3.35. The van der Waals surface area contributed by atoms with Crippen molar-refractivity contribution in [3.05, 3.63) is 12.2 Å². The van der Waals surface area contributed by atoms with Gasteiger partial charge in [-0.25, -0.2) is 0 Å². The molecule has 0 N–H and O–H groups in total. The van der Waals surface area contributed by atoms with E-state index in [4.69, 9.17) is 6.42 Å². The van der Waals surface area contributed by atoms with Crippen LogP contribution in [-0.4, -0.2) is 0 Å². The first-order chi connectivity index (χ1) is 4.43. The van der Waals surface area contributed by atoms with Gasteiger partial charge in [0.25, 0.3) is 0 Å². The molecule has 1 atom stereocenters. The third-order valence-electron chi connectivity index (χ3n) is 1.70. The summed E-state index contributed by atoms with van der Waals surface area (Å²) in [6, 6.07) is 0. The molecule has 9 heavy (non-hydrogen) atoms. The van der Waals surface area contributed by atoms with E-state index in [-0.39, 0.29) is 0 Å². The van der Waals surface area contributed by atoms with Crippen LogP contribution in [-0.2, 0) is 0 Å². The maximum atomic E-state index is 5.18. The molecule has 0 saturated heterocycles. The third-order valence-corrected chi connectivity index (χ3v) is 1.70. The average Bonchev–Trinajstić information content (AvgIpc) is 1.91. The van der Waals surface area contributed by atoms with E-state index in [0.29, 0.717) is 0 Å². The van der Waals surface area contributed by atoms with Crippen molar-refractivity contribution in [2.75, 3.05) is 0 Å². The molecule has 0 bridgehead atoms. The zero-order chi connectivity index (χ0) is 6.53. The molecular weight excluding hydrogens is 108 g/mol. The zero-order valence-corrected chi connectivity index (χ0v) is 5.56. The van der Waals surface area contributed by atoms with Crippen molar-refractivity contribution in [3.8, 4) is 12.3 Å². The van der Waals surface area contributed by atoms with Crippen LogP contribution in [0, 0.1) is 24.3 Å². The van der Waals surface area contributed by atoms with E-state index in [1.165, 1.54) is 6.42 Å². The molecule has 0 heteroatoms. The van der Waals surface area contributed by atoms with Crippen LogP contribution in [0.25, 0.3) is 0 Å². The Labute approximate surface area is 57.0 Å². The lowest BCUT2D eigenvalue weighted by Gasteiger charge is -2.13. The summed E-state index contributed by atoms with van der Waals surface area (Å²) in [5, 5.41) is 0. The fourth-order valence-corrected chi connectivity index (χ4v) is 1.11. The van der Waals surface area contributed by atoms with Gasteiger partial charge >= 0.3 is 0 Å². The highest BCUT2D eigenvalue weighted by atomic mass is 14.1. The van der Waals surface area contributed by atoms with Gasteiger partial charge in [-0.05, 0) is 31.3 Å². The highest BCUT2D eigenvalue weighted by Gasteiger charge is 2.06. The summed E-state index contributed by atoms with van der Waals surface area (Å²) in [6.07, 6.45) is 14.9. The lowest BCUT2D eigenvalue weighted by Crippen LogP contribution is -2.00. The van der Waals surface area contributed by atoms with Gasteiger partial charge in [-0.2, -0.15) is 0 Å². The van der Waals surface area contributed by atoms with Crippen molar-refractivity contribution in [2.24, 2.45) is 5.92 Å². The Hall–Kier alpha value is -0.700. The van der Waals surface area contributed by atoms with Crippen LogP contribution in [0.15, 0.2) is 6.08 Å². The lowest BCUT2D eigenvalue weighted by atomic mass is 9.92. The second-order valence-electron chi connectivity index (χ2n) is 2.46. The molecule has 1 aliphatic rings. The predicted octanol–water partition coefficient (Wildman–Crippen LogP) is 2.17. The zero-order valence-electron chi connectivity index (χ0n) is 5.56. The molecular formula is C9H11. The summed E-state index contributed by atoms with van der Waals surface area (Å²) in [7, 11) is 0. The van der Waals surface area contributed by atoms with Crippen molar-refractivity contribution < 1.29 is 0 Å². The molecule has 1 rings (SSSR count). The first-order valence-electron chi connectivity index (χ1n) is 3.42.